The van der Waals surface area contributed by atoms with Crippen LogP contribution in [0.15, 0.2) is 35.5 Å². The monoisotopic (exact) mass is 373 g/mol. The lowest BCUT2D eigenvalue weighted by Crippen LogP contribution is -2.20. The summed E-state index contributed by atoms with van der Waals surface area (Å²) in [6.07, 6.45) is 6.25. The molecule has 0 spiro atoms. The van der Waals surface area contributed by atoms with E-state index in [-0.39, 0.29) is 10.9 Å². The van der Waals surface area contributed by atoms with Gasteiger partial charge in [0.1, 0.15) is 11.6 Å². The fraction of sp³-hybridized carbons (Fsp3) is 0.278. The number of hydrogen-bond acceptors (Lipinski definition) is 4. The molecule has 0 unspecified atom stereocenters. The Kier molecular flexibility index (Phi) is 4.57. The van der Waals surface area contributed by atoms with Gasteiger partial charge >= 0.3 is 0 Å². The van der Waals surface area contributed by atoms with E-state index >= 15 is 0 Å². The lowest BCUT2D eigenvalue weighted by atomic mass is 10.1. The van der Waals surface area contributed by atoms with Crippen LogP contribution in [0.4, 0.5) is 10.1 Å². The van der Waals surface area contributed by atoms with Crippen LogP contribution in [-0.4, -0.2) is 26.0 Å². The first-order valence-corrected chi connectivity index (χ1v) is 8.82. The van der Waals surface area contributed by atoms with Gasteiger partial charge in [0.05, 0.1) is 16.2 Å². The first-order chi connectivity index (χ1) is 12.7. The fourth-order valence-electron chi connectivity index (χ4n) is 3.35. The van der Waals surface area contributed by atoms with E-state index in [1.165, 1.54) is 31.0 Å². The minimum atomic E-state index is -0.523. The molecule has 8 heteroatoms. The van der Waals surface area contributed by atoms with Gasteiger partial charge in [-0.05, 0) is 37.1 Å². The number of hydroxylamine groups is 1. The number of halogens is 2. The Bertz CT molecular complexity index is 981. The van der Waals surface area contributed by atoms with E-state index in [0.29, 0.717) is 28.3 Å². The van der Waals surface area contributed by atoms with Crippen molar-refractivity contribution in [2.24, 2.45) is 4.99 Å². The predicted molar refractivity (Wildman–Crippen MR) is 97.6 cm³/mol. The SMILES string of the molecule is ONC(=Nc1ccc(F)c(Cl)c1)c1ccnc2nc(C3CCCC3)[nH]c12. The number of fused-ring (bicyclic) bond motifs is 1. The number of H-pyrrole nitrogens is 1. The number of nitrogens with zero attached hydrogens (tertiary/aromatic N) is 3. The highest BCUT2D eigenvalue weighted by atomic mass is 35.5. The van der Waals surface area contributed by atoms with Crippen molar-refractivity contribution in [1.82, 2.24) is 20.4 Å². The second-order valence-corrected chi connectivity index (χ2v) is 6.74. The summed E-state index contributed by atoms with van der Waals surface area (Å²) in [7, 11) is 0. The largest absolute Gasteiger partial charge is 0.340 e. The van der Waals surface area contributed by atoms with Crippen LogP contribution in [-0.2, 0) is 0 Å². The van der Waals surface area contributed by atoms with Gasteiger partial charge < -0.3 is 4.98 Å². The van der Waals surface area contributed by atoms with E-state index in [9.17, 15) is 9.60 Å². The topological polar surface area (TPSA) is 86.2 Å². The summed E-state index contributed by atoms with van der Waals surface area (Å²) in [5.41, 5.74) is 4.41. The predicted octanol–water partition coefficient (Wildman–Crippen LogP) is 4.47. The standard InChI is InChI=1S/C18H17ClFN5O/c19-13-9-11(5-6-14(13)20)22-17(25-26)12-7-8-21-18-15(12)23-16(24-18)10-3-1-2-4-10/h5-10,26H,1-4H2,(H,22,25)(H,21,23,24). The van der Waals surface area contributed by atoms with E-state index in [1.807, 2.05) is 0 Å². The van der Waals surface area contributed by atoms with Crippen molar-refractivity contribution >= 4 is 34.3 Å². The molecule has 1 aliphatic carbocycles. The third kappa shape index (κ3) is 3.15. The second-order valence-electron chi connectivity index (χ2n) is 6.33. The maximum absolute atomic E-state index is 13.3. The summed E-state index contributed by atoms with van der Waals surface area (Å²) >= 11 is 5.80. The molecule has 3 N–H and O–H groups in total. The molecular weight excluding hydrogens is 357 g/mol. The molecule has 0 bridgehead atoms. The molecule has 0 radical (unpaired) electrons. The van der Waals surface area contributed by atoms with Crippen LogP contribution < -0.4 is 5.48 Å². The Hall–Kier alpha value is -2.51. The number of pyridine rings is 1. The molecule has 2 heterocycles. The van der Waals surface area contributed by atoms with Crippen LogP contribution in [0.3, 0.4) is 0 Å². The Morgan fingerprint density at radius 2 is 2.12 bits per heavy atom. The molecule has 1 saturated carbocycles. The minimum absolute atomic E-state index is 0.0338. The molecule has 1 aromatic carbocycles. The van der Waals surface area contributed by atoms with Gasteiger partial charge in [-0.2, -0.15) is 0 Å². The van der Waals surface area contributed by atoms with Crippen molar-refractivity contribution in [3.05, 3.63) is 52.7 Å². The van der Waals surface area contributed by atoms with E-state index in [4.69, 9.17) is 11.6 Å². The van der Waals surface area contributed by atoms with Crippen molar-refractivity contribution in [2.45, 2.75) is 31.6 Å². The highest BCUT2D eigenvalue weighted by Crippen LogP contribution is 2.33. The van der Waals surface area contributed by atoms with Gasteiger partial charge in [0.2, 0.25) is 0 Å². The number of aromatic amines is 1. The van der Waals surface area contributed by atoms with Crippen molar-refractivity contribution < 1.29 is 9.60 Å². The summed E-state index contributed by atoms with van der Waals surface area (Å²) in [6, 6.07) is 5.83. The van der Waals surface area contributed by atoms with Crippen LogP contribution in [0.2, 0.25) is 5.02 Å². The summed E-state index contributed by atoms with van der Waals surface area (Å²) in [5.74, 6) is 1.00. The zero-order valence-corrected chi connectivity index (χ0v) is 14.6. The average Bonchev–Trinajstić information content (AvgIpc) is 3.31. The number of aliphatic imine (C=N–C) groups is 1. The number of benzene rings is 1. The van der Waals surface area contributed by atoms with E-state index in [1.54, 1.807) is 12.3 Å². The van der Waals surface area contributed by atoms with Gasteiger partial charge in [-0.25, -0.2) is 19.4 Å². The quantitative estimate of drug-likeness (QED) is 0.359. The third-order valence-electron chi connectivity index (χ3n) is 4.66. The molecular formula is C18H17ClFN5O. The van der Waals surface area contributed by atoms with Gasteiger partial charge in [0, 0.05) is 17.7 Å². The zero-order valence-electron chi connectivity index (χ0n) is 13.8. The van der Waals surface area contributed by atoms with Crippen LogP contribution in [0, 0.1) is 5.82 Å². The summed E-state index contributed by atoms with van der Waals surface area (Å²) < 4.78 is 13.3. The smallest absolute Gasteiger partial charge is 0.178 e. The van der Waals surface area contributed by atoms with Gasteiger partial charge in [0.25, 0.3) is 0 Å². The maximum atomic E-state index is 13.3. The number of amidine groups is 1. The van der Waals surface area contributed by atoms with Gasteiger partial charge in [0.15, 0.2) is 11.5 Å². The van der Waals surface area contributed by atoms with Crippen molar-refractivity contribution in [3.8, 4) is 0 Å². The second kappa shape index (κ2) is 7.01. The molecule has 6 nitrogen and oxygen atoms in total. The molecule has 1 aliphatic rings. The normalized spacial score (nSPS) is 15.7. The molecule has 4 rings (SSSR count). The zero-order chi connectivity index (χ0) is 18.1. The maximum Gasteiger partial charge on any atom is 0.178 e. The lowest BCUT2D eigenvalue weighted by Gasteiger charge is -2.07. The van der Waals surface area contributed by atoms with Crippen LogP contribution in [0.1, 0.15) is 43.0 Å². The first kappa shape index (κ1) is 16.9. The van der Waals surface area contributed by atoms with Crippen LogP contribution in [0.25, 0.3) is 11.2 Å². The molecule has 1 fully saturated rings. The minimum Gasteiger partial charge on any atom is -0.340 e. The van der Waals surface area contributed by atoms with Gasteiger partial charge in [-0.15, -0.1) is 0 Å². The molecule has 2 aromatic heterocycles. The first-order valence-electron chi connectivity index (χ1n) is 8.44. The molecule has 0 aliphatic heterocycles. The molecule has 0 atom stereocenters. The number of hydrogen-bond donors (Lipinski definition) is 3. The molecule has 134 valence electrons. The van der Waals surface area contributed by atoms with E-state index < -0.39 is 5.82 Å². The molecule has 0 saturated heterocycles. The number of rotatable bonds is 3. The van der Waals surface area contributed by atoms with Crippen LogP contribution in [0.5, 0.6) is 0 Å². The molecule has 3 aromatic rings. The molecule has 0 amide bonds. The highest BCUT2D eigenvalue weighted by molar-refractivity contribution is 6.31. The van der Waals surface area contributed by atoms with Crippen molar-refractivity contribution in [1.29, 1.82) is 0 Å². The van der Waals surface area contributed by atoms with Crippen LogP contribution >= 0.6 is 11.6 Å². The summed E-state index contributed by atoms with van der Waals surface area (Å²) in [5, 5.41) is 9.57. The molecule has 26 heavy (non-hydrogen) atoms. The Morgan fingerprint density at radius 3 is 2.85 bits per heavy atom. The third-order valence-corrected chi connectivity index (χ3v) is 4.95. The Morgan fingerprint density at radius 1 is 1.31 bits per heavy atom. The van der Waals surface area contributed by atoms with Crippen molar-refractivity contribution in [2.75, 3.05) is 0 Å². The van der Waals surface area contributed by atoms with Crippen molar-refractivity contribution in [3.63, 3.8) is 0 Å². The lowest BCUT2D eigenvalue weighted by molar-refractivity contribution is 0.235. The number of imidazole rings is 1. The Balaban J connectivity index is 1.77. The number of aromatic nitrogens is 3. The fourth-order valence-corrected chi connectivity index (χ4v) is 3.52. The highest BCUT2D eigenvalue weighted by Gasteiger charge is 2.22. The Labute approximate surface area is 154 Å². The average molecular weight is 374 g/mol. The van der Waals surface area contributed by atoms with E-state index in [2.05, 4.69) is 25.4 Å². The summed E-state index contributed by atoms with van der Waals surface area (Å²) in [4.78, 5) is 16.6. The van der Waals surface area contributed by atoms with E-state index in [0.717, 1.165) is 18.7 Å². The number of nitrogens with one attached hydrogen (secondary N) is 2. The summed E-state index contributed by atoms with van der Waals surface area (Å²) in [6.45, 7) is 0. The van der Waals surface area contributed by atoms with Gasteiger partial charge in [-0.3, -0.25) is 10.7 Å². The van der Waals surface area contributed by atoms with Gasteiger partial charge in [-0.1, -0.05) is 24.4 Å².